The van der Waals surface area contributed by atoms with Gasteiger partial charge in [0.15, 0.2) is 0 Å². The van der Waals surface area contributed by atoms with Crippen LogP contribution in [0, 0.1) is 0 Å². The molecule has 0 unspecified atom stereocenters. The number of ether oxygens (including phenoxy) is 1. The van der Waals surface area contributed by atoms with Gasteiger partial charge in [0.2, 0.25) is 0 Å². The van der Waals surface area contributed by atoms with Crippen molar-refractivity contribution in [2.75, 3.05) is 30.4 Å². The molecular formula is C17H26N6O3. The van der Waals surface area contributed by atoms with Crippen molar-refractivity contribution in [1.29, 1.82) is 0 Å². The number of nitrogens with zero attached hydrogens (tertiary/aromatic N) is 4. The summed E-state index contributed by atoms with van der Waals surface area (Å²) in [5.41, 5.74) is 0.425. The van der Waals surface area contributed by atoms with Gasteiger partial charge in [-0.25, -0.2) is 19.6 Å². The number of hydrogen-bond acceptors (Lipinski definition) is 6. The first kappa shape index (κ1) is 18.2. The van der Waals surface area contributed by atoms with Crippen LogP contribution in [0.3, 0.4) is 0 Å². The standard InChI is InChI=1S/C17H26N6O3/c1-17(2,3)26-16(25)20-11-5-7-23(8-6-11)14-12-9-22(4)15(24)21-13(12)18-10-19-14/h10-11H,5-9H2,1-4H3,(H,20,25)(H,18,19,21,24). The first-order valence-electron chi connectivity index (χ1n) is 8.83. The van der Waals surface area contributed by atoms with Crippen LogP contribution < -0.4 is 15.5 Å². The third-order valence-electron chi connectivity index (χ3n) is 4.41. The number of alkyl carbamates (subject to hydrolysis) is 1. The molecule has 0 spiro atoms. The van der Waals surface area contributed by atoms with Crippen molar-refractivity contribution in [3.05, 3.63) is 11.9 Å². The number of carbonyl (C=O) groups is 2. The lowest BCUT2D eigenvalue weighted by Gasteiger charge is -2.36. The minimum absolute atomic E-state index is 0.0844. The summed E-state index contributed by atoms with van der Waals surface area (Å²) >= 11 is 0. The zero-order valence-electron chi connectivity index (χ0n) is 15.7. The molecule has 1 aromatic heterocycles. The van der Waals surface area contributed by atoms with E-state index < -0.39 is 5.60 Å². The fraction of sp³-hybridized carbons (Fsp3) is 0.647. The molecule has 1 saturated heterocycles. The molecule has 1 aromatic rings. The molecule has 2 aliphatic rings. The van der Waals surface area contributed by atoms with Crippen molar-refractivity contribution in [3.8, 4) is 0 Å². The van der Waals surface area contributed by atoms with Crippen LogP contribution in [0.5, 0.6) is 0 Å². The molecule has 142 valence electrons. The van der Waals surface area contributed by atoms with E-state index in [4.69, 9.17) is 4.74 Å². The second-order valence-corrected chi connectivity index (χ2v) is 7.72. The lowest BCUT2D eigenvalue weighted by Crippen LogP contribution is -2.47. The fourth-order valence-corrected chi connectivity index (χ4v) is 3.14. The summed E-state index contributed by atoms with van der Waals surface area (Å²) in [5.74, 6) is 1.42. The van der Waals surface area contributed by atoms with Gasteiger partial charge in [-0.15, -0.1) is 0 Å². The molecule has 2 aliphatic heterocycles. The average molecular weight is 362 g/mol. The molecule has 3 rings (SSSR count). The highest BCUT2D eigenvalue weighted by molar-refractivity contribution is 5.91. The zero-order valence-corrected chi connectivity index (χ0v) is 15.7. The molecule has 26 heavy (non-hydrogen) atoms. The van der Waals surface area contributed by atoms with Gasteiger partial charge in [-0.1, -0.05) is 0 Å². The quantitative estimate of drug-likeness (QED) is 0.834. The van der Waals surface area contributed by atoms with E-state index in [-0.39, 0.29) is 18.2 Å². The minimum atomic E-state index is -0.499. The van der Waals surface area contributed by atoms with Crippen LogP contribution in [0.15, 0.2) is 6.33 Å². The Balaban J connectivity index is 1.62. The number of aromatic nitrogens is 2. The summed E-state index contributed by atoms with van der Waals surface area (Å²) in [4.78, 5) is 36.1. The molecule has 2 N–H and O–H groups in total. The number of urea groups is 1. The number of rotatable bonds is 2. The topological polar surface area (TPSA) is 99.7 Å². The largest absolute Gasteiger partial charge is 0.444 e. The number of fused-ring (bicyclic) bond motifs is 1. The molecule has 1 fully saturated rings. The Morgan fingerprint density at radius 3 is 2.65 bits per heavy atom. The van der Waals surface area contributed by atoms with Crippen LogP contribution in [-0.2, 0) is 11.3 Å². The van der Waals surface area contributed by atoms with Gasteiger partial charge in [0.1, 0.15) is 23.6 Å². The van der Waals surface area contributed by atoms with Gasteiger partial charge in [-0.2, -0.15) is 0 Å². The molecule has 0 saturated carbocycles. The van der Waals surface area contributed by atoms with Crippen LogP contribution in [-0.4, -0.2) is 58.8 Å². The Morgan fingerprint density at radius 2 is 2.00 bits per heavy atom. The Hall–Kier alpha value is -2.58. The fourth-order valence-electron chi connectivity index (χ4n) is 3.14. The molecule has 3 heterocycles. The van der Waals surface area contributed by atoms with E-state index in [2.05, 4.69) is 25.5 Å². The van der Waals surface area contributed by atoms with Crippen LogP contribution >= 0.6 is 0 Å². The minimum Gasteiger partial charge on any atom is -0.444 e. The Morgan fingerprint density at radius 1 is 1.31 bits per heavy atom. The predicted octanol–water partition coefficient (Wildman–Crippen LogP) is 1.95. The Labute approximate surface area is 153 Å². The second-order valence-electron chi connectivity index (χ2n) is 7.72. The highest BCUT2D eigenvalue weighted by Crippen LogP contribution is 2.29. The van der Waals surface area contributed by atoms with Gasteiger partial charge in [0.05, 0.1) is 12.1 Å². The third kappa shape index (κ3) is 4.14. The summed E-state index contributed by atoms with van der Waals surface area (Å²) < 4.78 is 5.32. The van der Waals surface area contributed by atoms with Crippen molar-refractivity contribution in [2.45, 2.75) is 51.8 Å². The molecule has 9 nitrogen and oxygen atoms in total. The van der Waals surface area contributed by atoms with Crippen LogP contribution in [0.4, 0.5) is 21.2 Å². The van der Waals surface area contributed by atoms with E-state index >= 15 is 0 Å². The van der Waals surface area contributed by atoms with Crippen LogP contribution in [0.25, 0.3) is 0 Å². The normalized spacial score (nSPS) is 18.2. The van der Waals surface area contributed by atoms with E-state index in [1.54, 1.807) is 11.9 Å². The molecule has 0 bridgehead atoms. The smallest absolute Gasteiger partial charge is 0.407 e. The van der Waals surface area contributed by atoms with Gasteiger partial charge < -0.3 is 19.9 Å². The van der Waals surface area contributed by atoms with E-state index in [9.17, 15) is 9.59 Å². The first-order chi connectivity index (χ1) is 12.2. The Bertz CT molecular complexity index is 694. The van der Waals surface area contributed by atoms with Crippen molar-refractivity contribution in [2.24, 2.45) is 0 Å². The van der Waals surface area contributed by atoms with Gasteiger partial charge in [-0.05, 0) is 33.6 Å². The van der Waals surface area contributed by atoms with Crippen molar-refractivity contribution in [3.63, 3.8) is 0 Å². The molecule has 3 amide bonds. The lowest BCUT2D eigenvalue weighted by atomic mass is 10.0. The molecule has 0 atom stereocenters. The first-order valence-corrected chi connectivity index (χ1v) is 8.83. The monoisotopic (exact) mass is 362 g/mol. The van der Waals surface area contributed by atoms with E-state index in [0.717, 1.165) is 37.3 Å². The highest BCUT2D eigenvalue weighted by Gasteiger charge is 2.29. The Kier molecular flexibility index (Phi) is 4.88. The summed E-state index contributed by atoms with van der Waals surface area (Å²) in [6.45, 7) is 7.56. The van der Waals surface area contributed by atoms with Crippen molar-refractivity contribution < 1.29 is 14.3 Å². The van der Waals surface area contributed by atoms with Gasteiger partial charge in [0.25, 0.3) is 0 Å². The maximum absolute atomic E-state index is 11.9. The summed E-state index contributed by atoms with van der Waals surface area (Å²) in [7, 11) is 1.74. The third-order valence-corrected chi connectivity index (χ3v) is 4.41. The molecule has 9 heteroatoms. The lowest BCUT2D eigenvalue weighted by molar-refractivity contribution is 0.0497. The summed E-state index contributed by atoms with van der Waals surface area (Å²) in [5, 5.41) is 5.72. The second kappa shape index (κ2) is 6.97. The number of piperidine rings is 1. The SMILES string of the molecule is CN1Cc2c(ncnc2N2CCC(NC(=O)OC(C)(C)C)CC2)NC1=O. The van der Waals surface area contributed by atoms with E-state index in [0.29, 0.717) is 12.4 Å². The van der Waals surface area contributed by atoms with Gasteiger partial charge in [-0.3, -0.25) is 5.32 Å². The number of anilines is 2. The maximum atomic E-state index is 11.9. The zero-order chi connectivity index (χ0) is 18.9. The van der Waals surface area contributed by atoms with Crippen molar-refractivity contribution in [1.82, 2.24) is 20.2 Å². The number of nitrogens with one attached hydrogen (secondary N) is 2. The number of hydrogen-bond donors (Lipinski definition) is 2. The summed E-state index contributed by atoms with van der Waals surface area (Å²) in [6, 6.07) is -0.0800. The van der Waals surface area contributed by atoms with Crippen LogP contribution in [0.2, 0.25) is 0 Å². The molecule has 0 aromatic carbocycles. The van der Waals surface area contributed by atoms with Gasteiger partial charge >= 0.3 is 12.1 Å². The summed E-state index contributed by atoms with van der Waals surface area (Å²) in [6.07, 6.45) is 2.71. The van der Waals surface area contributed by atoms with E-state index in [1.807, 2.05) is 20.8 Å². The molecule has 0 radical (unpaired) electrons. The number of carbonyl (C=O) groups excluding carboxylic acids is 2. The average Bonchev–Trinajstić information content (AvgIpc) is 2.54. The van der Waals surface area contributed by atoms with E-state index in [1.165, 1.54) is 6.33 Å². The highest BCUT2D eigenvalue weighted by atomic mass is 16.6. The van der Waals surface area contributed by atoms with Gasteiger partial charge in [0, 0.05) is 26.2 Å². The van der Waals surface area contributed by atoms with Crippen LogP contribution in [0.1, 0.15) is 39.2 Å². The predicted molar refractivity (Wildman–Crippen MR) is 97.1 cm³/mol. The number of amides is 3. The van der Waals surface area contributed by atoms with Crippen molar-refractivity contribution >= 4 is 23.8 Å². The molecule has 0 aliphatic carbocycles. The molecular weight excluding hydrogens is 336 g/mol. The maximum Gasteiger partial charge on any atom is 0.407 e.